The number of ether oxygens (including phenoxy) is 1. The molecule has 0 saturated carbocycles. The third kappa shape index (κ3) is 2.53. The predicted octanol–water partition coefficient (Wildman–Crippen LogP) is 3.18. The summed E-state index contributed by atoms with van der Waals surface area (Å²) in [5.41, 5.74) is 8.20. The number of nitrogens with zero attached hydrogens (tertiary/aromatic N) is 1. The third-order valence-electron chi connectivity index (χ3n) is 3.44. The van der Waals surface area contributed by atoms with E-state index in [0.29, 0.717) is 13.2 Å². The quantitative estimate of drug-likeness (QED) is 0.770. The van der Waals surface area contributed by atoms with Gasteiger partial charge in [-0.05, 0) is 23.8 Å². The number of fused-ring (bicyclic) bond motifs is 1. The summed E-state index contributed by atoms with van der Waals surface area (Å²) < 4.78 is 7.96. The van der Waals surface area contributed by atoms with Gasteiger partial charge < -0.3 is 15.0 Å². The van der Waals surface area contributed by atoms with Crippen molar-refractivity contribution in [2.24, 2.45) is 5.73 Å². The summed E-state index contributed by atoms with van der Waals surface area (Å²) in [5, 5.41) is 1.23. The molecule has 0 fully saturated rings. The van der Waals surface area contributed by atoms with E-state index in [1.807, 2.05) is 36.4 Å². The van der Waals surface area contributed by atoms with Crippen LogP contribution in [-0.4, -0.2) is 11.2 Å². The van der Waals surface area contributed by atoms with E-state index in [4.69, 9.17) is 10.5 Å². The molecule has 1 aromatic heterocycles. The minimum absolute atomic E-state index is 0.563. The minimum atomic E-state index is 0.563. The SMILES string of the molecule is NCc1cn(CCOc2ccccc2)c2ccccc12. The highest BCUT2D eigenvalue weighted by Crippen LogP contribution is 2.21. The molecule has 3 nitrogen and oxygen atoms in total. The van der Waals surface area contributed by atoms with Gasteiger partial charge in [0.25, 0.3) is 0 Å². The van der Waals surface area contributed by atoms with Gasteiger partial charge in [-0.15, -0.1) is 0 Å². The van der Waals surface area contributed by atoms with Gasteiger partial charge in [0.15, 0.2) is 0 Å². The van der Waals surface area contributed by atoms with Crippen LogP contribution in [0.2, 0.25) is 0 Å². The molecular weight excluding hydrogens is 248 g/mol. The van der Waals surface area contributed by atoms with Gasteiger partial charge in [0, 0.05) is 23.6 Å². The Morgan fingerprint density at radius 3 is 2.50 bits per heavy atom. The maximum atomic E-state index is 5.80. The molecule has 0 unspecified atom stereocenters. The molecule has 20 heavy (non-hydrogen) atoms. The molecule has 3 aromatic rings. The van der Waals surface area contributed by atoms with Crippen molar-refractivity contribution in [3.05, 3.63) is 66.4 Å². The summed E-state index contributed by atoms with van der Waals surface area (Å²) in [6.07, 6.45) is 2.12. The topological polar surface area (TPSA) is 40.2 Å². The van der Waals surface area contributed by atoms with Crippen LogP contribution in [0.15, 0.2) is 60.8 Å². The Hall–Kier alpha value is -2.26. The zero-order chi connectivity index (χ0) is 13.8. The second kappa shape index (κ2) is 5.80. The summed E-state index contributed by atoms with van der Waals surface area (Å²) in [7, 11) is 0. The highest BCUT2D eigenvalue weighted by atomic mass is 16.5. The Kier molecular flexibility index (Phi) is 3.70. The maximum Gasteiger partial charge on any atom is 0.119 e. The zero-order valence-electron chi connectivity index (χ0n) is 11.3. The van der Waals surface area contributed by atoms with Gasteiger partial charge >= 0.3 is 0 Å². The molecule has 102 valence electrons. The van der Waals surface area contributed by atoms with Crippen LogP contribution in [0.25, 0.3) is 10.9 Å². The van der Waals surface area contributed by atoms with Crippen LogP contribution in [0.4, 0.5) is 0 Å². The first-order valence-corrected chi connectivity index (χ1v) is 6.83. The average molecular weight is 266 g/mol. The molecule has 0 spiro atoms. The number of para-hydroxylation sites is 2. The molecule has 0 atom stereocenters. The first kappa shape index (κ1) is 12.8. The van der Waals surface area contributed by atoms with E-state index >= 15 is 0 Å². The smallest absolute Gasteiger partial charge is 0.119 e. The maximum absolute atomic E-state index is 5.80. The summed E-state index contributed by atoms with van der Waals surface area (Å²) in [6.45, 7) is 2.02. The second-order valence-electron chi connectivity index (χ2n) is 4.73. The Morgan fingerprint density at radius 1 is 0.950 bits per heavy atom. The Morgan fingerprint density at radius 2 is 1.70 bits per heavy atom. The molecule has 0 aliphatic rings. The lowest BCUT2D eigenvalue weighted by Gasteiger charge is -2.08. The van der Waals surface area contributed by atoms with Crippen LogP contribution in [0.1, 0.15) is 5.56 Å². The molecule has 1 heterocycles. The molecule has 0 bridgehead atoms. The molecule has 0 amide bonds. The van der Waals surface area contributed by atoms with E-state index in [0.717, 1.165) is 12.3 Å². The summed E-state index contributed by atoms with van der Waals surface area (Å²) in [6, 6.07) is 18.2. The first-order valence-electron chi connectivity index (χ1n) is 6.83. The van der Waals surface area contributed by atoms with Crippen LogP contribution in [0, 0.1) is 0 Å². The molecule has 0 saturated heterocycles. The number of hydrogen-bond donors (Lipinski definition) is 1. The van der Waals surface area contributed by atoms with Gasteiger partial charge in [0.05, 0.1) is 6.54 Å². The number of nitrogens with two attached hydrogens (primary N) is 1. The van der Waals surface area contributed by atoms with Crippen LogP contribution in [0.3, 0.4) is 0 Å². The molecule has 2 aromatic carbocycles. The highest BCUT2D eigenvalue weighted by Gasteiger charge is 2.06. The lowest BCUT2D eigenvalue weighted by molar-refractivity contribution is 0.300. The van der Waals surface area contributed by atoms with Crippen molar-refractivity contribution >= 4 is 10.9 Å². The van der Waals surface area contributed by atoms with Crippen LogP contribution in [0.5, 0.6) is 5.75 Å². The predicted molar refractivity (Wildman–Crippen MR) is 81.8 cm³/mol. The Labute approximate surface area is 118 Å². The van der Waals surface area contributed by atoms with Gasteiger partial charge in [0.2, 0.25) is 0 Å². The van der Waals surface area contributed by atoms with Crippen molar-refractivity contribution in [1.29, 1.82) is 0 Å². The van der Waals surface area contributed by atoms with Gasteiger partial charge in [-0.2, -0.15) is 0 Å². The monoisotopic (exact) mass is 266 g/mol. The molecule has 0 aliphatic carbocycles. The average Bonchev–Trinajstić information content (AvgIpc) is 2.87. The van der Waals surface area contributed by atoms with Crippen molar-refractivity contribution in [3.63, 3.8) is 0 Å². The largest absolute Gasteiger partial charge is 0.492 e. The van der Waals surface area contributed by atoms with Crippen molar-refractivity contribution < 1.29 is 4.74 Å². The number of rotatable bonds is 5. The highest BCUT2D eigenvalue weighted by molar-refractivity contribution is 5.83. The summed E-state index contributed by atoms with van der Waals surface area (Å²) in [5.74, 6) is 0.906. The van der Waals surface area contributed by atoms with Crippen LogP contribution in [-0.2, 0) is 13.1 Å². The van der Waals surface area contributed by atoms with Crippen molar-refractivity contribution in [1.82, 2.24) is 4.57 Å². The molecular formula is C17H18N2O. The lowest BCUT2D eigenvalue weighted by atomic mass is 10.2. The van der Waals surface area contributed by atoms with Gasteiger partial charge in [-0.1, -0.05) is 36.4 Å². The number of benzene rings is 2. The standard InChI is InChI=1S/C17H18N2O/c18-12-14-13-19(17-9-5-4-8-16(14)17)10-11-20-15-6-2-1-3-7-15/h1-9,13H,10-12,18H2. The fraction of sp³-hybridized carbons (Fsp3) is 0.176. The fourth-order valence-electron chi connectivity index (χ4n) is 2.45. The van der Waals surface area contributed by atoms with Crippen molar-refractivity contribution in [3.8, 4) is 5.75 Å². The minimum Gasteiger partial charge on any atom is -0.492 e. The normalized spacial score (nSPS) is 10.8. The van der Waals surface area contributed by atoms with E-state index in [2.05, 4.69) is 29.0 Å². The van der Waals surface area contributed by atoms with E-state index < -0.39 is 0 Å². The fourth-order valence-corrected chi connectivity index (χ4v) is 2.45. The molecule has 0 radical (unpaired) electrons. The van der Waals surface area contributed by atoms with Crippen LogP contribution >= 0.6 is 0 Å². The Bertz CT molecular complexity index is 689. The zero-order valence-corrected chi connectivity index (χ0v) is 11.3. The van der Waals surface area contributed by atoms with Crippen molar-refractivity contribution in [2.75, 3.05) is 6.61 Å². The number of hydrogen-bond acceptors (Lipinski definition) is 2. The second-order valence-corrected chi connectivity index (χ2v) is 4.73. The molecule has 0 aliphatic heterocycles. The summed E-state index contributed by atoms with van der Waals surface area (Å²) >= 11 is 0. The van der Waals surface area contributed by atoms with E-state index in [1.54, 1.807) is 0 Å². The van der Waals surface area contributed by atoms with Gasteiger partial charge in [0.1, 0.15) is 12.4 Å². The van der Waals surface area contributed by atoms with Crippen LogP contribution < -0.4 is 10.5 Å². The number of aromatic nitrogens is 1. The first-order chi connectivity index (χ1) is 9.88. The van der Waals surface area contributed by atoms with Gasteiger partial charge in [-0.25, -0.2) is 0 Å². The molecule has 2 N–H and O–H groups in total. The lowest BCUT2D eigenvalue weighted by Crippen LogP contribution is -2.07. The molecule has 3 rings (SSSR count). The third-order valence-corrected chi connectivity index (χ3v) is 3.44. The molecule has 3 heteroatoms. The summed E-state index contributed by atoms with van der Waals surface area (Å²) in [4.78, 5) is 0. The van der Waals surface area contributed by atoms with E-state index in [9.17, 15) is 0 Å². The Balaban J connectivity index is 1.74. The van der Waals surface area contributed by atoms with E-state index in [-0.39, 0.29) is 0 Å². The van der Waals surface area contributed by atoms with E-state index in [1.165, 1.54) is 16.5 Å². The van der Waals surface area contributed by atoms with Gasteiger partial charge in [-0.3, -0.25) is 0 Å². The van der Waals surface area contributed by atoms with Crippen molar-refractivity contribution in [2.45, 2.75) is 13.1 Å².